The van der Waals surface area contributed by atoms with Gasteiger partial charge in [0.2, 0.25) is 0 Å². The molecular weight excluding hydrogens is 334 g/mol. The molecule has 0 fully saturated rings. The summed E-state index contributed by atoms with van der Waals surface area (Å²) in [5.41, 5.74) is 3.88. The summed E-state index contributed by atoms with van der Waals surface area (Å²) >= 11 is 0. The van der Waals surface area contributed by atoms with E-state index in [-0.39, 0.29) is 11.3 Å². The van der Waals surface area contributed by atoms with Crippen LogP contribution in [0.15, 0.2) is 59.9 Å². The molecule has 4 heteroatoms. The fourth-order valence-electron chi connectivity index (χ4n) is 3.34. The minimum atomic E-state index is -0.00724. The lowest BCUT2D eigenvalue weighted by Gasteiger charge is -2.31. The van der Waals surface area contributed by atoms with Crippen molar-refractivity contribution in [3.8, 4) is 11.8 Å². The van der Waals surface area contributed by atoms with Gasteiger partial charge in [0.1, 0.15) is 12.4 Å². The van der Waals surface area contributed by atoms with Gasteiger partial charge in [0.15, 0.2) is 0 Å². The number of hydrogen-bond donors (Lipinski definition) is 0. The smallest absolute Gasteiger partial charge is 0.138 e. The van der Waals surface area contributed by atoms with Crippen molar-refractivity contribution < 1.29 is 4.74 Å². The molecular formula is C23H25N3O. The molecule has 2 aromatic rings. The Morgan fingerprint density at radius 3 is 2.48 bits per heavy atom. The molecule has 0 saturated heterocycles. The van der Waals surface area contributed by atoms with E-state index in [2.05, 4.69) is 42.9 Å². The molecule has 1 atom stereocenters. The highest BCUT2D eigenvalue weighted by molar-refractivity contribution is 5.87. The van der Waals surface area contributed by atoms with Gasteiger partial charge in [0.05, 0.1) is 23.5 Å². The van der Waals surface area contributed by atoms with Crippen LogP contribution in [0.3, 0.4) is 0 Å². The molecule has 1 aliphatic heterocycles. The van der Waals surface area contributed by atoms with E-state index in [1.807, 2.05) is 42.6 Å². The Hall–Kier alpha value is -2.93. The normalized spacial score (nSPS) is 15.0. The zero-order valence-corrected chi connectivity index (χ0v) is 16.1. The number of aliphatic imine (C=N–C) groups is 1. The van der Waals surface area contributed by atoms with Crippen molar-refractivity contribution >= 4 is 5.71 Å². The predicted octanol–water partition coefficient (Wildman–Crippen LogP) is 5.26. The largest absolute Gasteiger partial charge is 0.486 e. The molecule has 1 unspecified atom stereocenters. The van der Waals surface area contributed by atoms with E-state index < -0.39 is 0 Å². The number of hydrogen-bond acceptors (Lipinski definition) is 4. The predicted molar refractivity (Wildman–Crippen MR) is 108 cm³/mol. The van der Waals surface area contributed by atoms with Crippen LogP contribution in [0.25, 0.3) is 0 Å². The van der Waals surface area contributed by atoms with Gasteiger partial charge >= 0.3 is 0 Å². The third kappa shape index (κ3) is 4.83. The van der Waals surface area contributed by atoms with Gasteiger partial charge in [0.25, 0.3) is 0 Å². The van der Waals surface area contributed by atoms with Crippen LogP contribution >= 0.6 is 0 Å². The second-order valence-electron chi connectivity index (χ2n) is 7.86. The van der Waals surface area contributed by atoms with Crippen LogP contribution in [0.1, 0.15) is 56.4 Å². The van der Waals surface area contributed by atoms with Crippen LogP contribution < -0.4 is 4.74 Å². The van der Waals surface area contributed by atoms with Gasteiger partial charge < -0.3 is 4.74 Å². The lowest BCUT2D eigenvalue weighted by atomic mass is 9.74. The Labute approximate surface area is 161 Å². The molecule has 0 N–H and O–H groups in total. The van der Waals surface area contributed by atoms with Gasteiger partial charge in [-0.1, -0.05) is 39.0 Å². The maximum atomic E-state index is 9.03. The van der Waals surface area contributed by atoms with E-state index in [1.165, 1.54) is 0 Å². The Kier molecular flexibility index (Phi) is 5.71. The molecule has 0 radical (unpaired) electrons. The Morgan fingerprint density at radius 2 is 1.93 bits per heavy atom. The molecule has 0 spiro atoms. The number of nitrogens with zero attached hydrogens (tertiary/aromatic N) is 3. The monoisotopic (exact) mass is 359 g/mol. The zero-order valence-electron chi connectivity index (χ0n) is 16.1. The standard InChI is InChI=1S/C23H25N3O/c1-23(2,3)22(18-9-7-17(14-24)8-10-18)21-12-11-20(15-26-21)27-16-19-6-4-5-13-25-19/h5,7-13,15,22H,4,6,16H2,1-3H3. The van der Waals surface area contributed by atoms with Crippen molar-refractivity contribution in [2.45, 2.75) is 39.5 Å². The first-order valence-electron chi connectivity index (χ1n) is 9.27. The molecule has 1 aromatic heterocycles. The van der Waals surface area contributed by atoms with E-state index in [1.54, 1.807) is 6.20 Å². The quantitative estimate of drug-likeness (QED) is 0.732. The zero-order chi connectivity index (χ0) is 19.3. The Morgan fingerprint density at radius 1 is 1.15 bits per heavy atom. The minimum absolute atomic E-state index is 0.00724. The maximum Gasteiger partial charge on any atom is 0.138 e. The van der Waals surface area contributed by atoms with Gasteiger partial charge in [-0.3, -0.25) is 9.98 Å². The molecule has 4 nitrogen and oxygen atoms in total. The van der Waals surface area contributed by atoms with Gasteiger partial charge in [0, 0.05) is 17.8 Å². The average Bonchev–Trinajstić information content (AvgIpc) is 2.68. The molecule has 2 heterocycles. The van der Waals surface area contributed by atoms with Gasteiger partial charge in [-0.2, -0.15) is 5.26 Å². The molecule has 27 heavy (non-hydrogen) atoms. The molecule has 138 valence electrons. The van der Waals surface area contributed by atoms with Gasteiger partial charge in [-0.25, -0.2) is 0 Å². The van der Waals surface area contributed by atoms with E-state index >= 15 is 0 Å². The van der Waals surface area contributed by atoms with Crippen LogP contribution in [0, 0.1) is 16.7 Å². The molecule has 3 rings (SSSR count). The van der Waals surface area contributed by atoms with E-state index in [0.29, 0.717) is 12.2 Å². The first-order valence-corrected chi connectivity index (χ1v) is 9.27. The summed E-state index contributed by atoms with van der Waals surface area (Å²) < 4.78 is 5.84. The number of ether oxygens (including phenoxy) is 1. The summed E-state index contributed by atoms with van der Waals surface area (Å²) in [5.74, 6) is 0.885. The number of rotatable bonds is 5. The molecule has 0 aliphatic carbocycles. The lowest BCUT2D eigenvalue weighted by Crippen LogP contribution is -2.21. The highest BCUT2D eigenvalue weighted by Crippen LogP contribution is 2.39. The van der Waals surface area contributed by atoms with Gasteiger partial charge in [-0.15, -0.1) is 0 Å². The van der Waals surface area contributed by atoms with Crippen molar-refractivity contribution in [3.63, 3.8) is 0 Å². The summed E-state index contributed by atoms with van der Waals surface area (Å²) in [4.78, 5) is 9.03. The first kappa shape index (κ1) is 18.8. The Balaban J connectivity index is 1.77. The summed E-state index contributed by atoms with van der Waals surface area (Å²) in [6, 6.07) is 14.0. The SMILES string of the molecule is CC(C)(C)C(c1ccc(C#N)cc1)c1ccc(OCC2=NC=CCC2)cn1. The van der Waals surface area contributed by atoms with E-state index in [0.717, 1.165) is 35.6 Å². The molecule has 0 saturated carbocycles. The minimum Gasteiger partial charge on any atom is -0.486 e. The number of pyridine rings is 1. The maximum absolute atomic E-state index is 9.03. The topological polar surface area (TPSA) is 58.3 Å². The van der Waals surface area contributed by atoms with Crippen molar-refractivity contribution in [2.24, 2.45) is 10.4 Å². The van der Waals surface area contributed by atoms with Gasteiger partial charge in [-0.05, 0) is 48.1 Å². The van der Waals surface area contributed by atoms with Crippen LogP contribution in [0.2, 0.25) is 0 Å². The second-order valence-corrected chi connectivity index (χ2v) is 7.86. The highest BCUT2D eigenvalue weighted by Gasteiger charge is 2.29. The molecule has 1 aromatic carbocycles. The summed E-state index contributed by atoms with van der Waals surface area (Å²) in [6.45, 7) is 7.12. The Bertz CT molecular complexity index is 866. The van der Waals surface area contributed by atoms with Crippen molar-refractivity contribution in [1.29, 1.82) is 5.26 Å². The highest BCUT2D eigenvalue weighted by atomic mass is 16.5. The number of allylic oxidation sites excluding steroid dienone is 1. The average molecular weight is 359 g/mol. The van der Waals surface area contributed by atoms with E-state index in [4.69, 9.17) is 10.00 Å². The van der Waals surface area contributed by atoms with Crippen LogP contribution in [-0.4, -0.2) is 17.3 Å². The third-order valence-corrected chi connectivity index (χ3v) is 4.66. The van der Waals surface area contributed by atoms with Crippen LogP contribution in [0.4, 0.5) is 0 Å². The fraction of sp³-hybridized carbons (Fsp3) is 0.348. The molecule has 1 aliphatic rings. The summed E-state index contributed by atoms with van der Waals surface area (Å²) in [7, 11) is 0. The molecule has 0 amide bonds. The summed E-state index contributed by atoms with van der Waals surface area (Å²) in [5, 5.41) is 9.03. The lowest BCUT2D eigenvalue weighted by molar-refractivity contribution is 0.349. The van der Waals surface area contributed by atoms with E-state index in [9.17, 15) is 0 Å². The second kappa shape index (κ2) is 8.18. The number of nitriles is 1. The van der Waals surface area contributed by atoms with Crippen molar-refractivity contribution in [3.05, 3.63) is 71.7 Å². The fourth-order valence-corrected chi connectivity index (χ4v) is 3.34. The molecule has 0 bridgehead atoms. The number of benzene rings is 1. The third-order valence-electron chi connectivity index (χ3n) is 4.66. The van der Waals surface area contributed by atoms with Crippen molar-refractivity contribution in [2.75, 3.05) is 6.61 Å². The first-order chi connectivity index (χ1) is 13.0. The van der Waals surface area contributed by atoms with Crippen LogP contribution in [0.5, 0.6) is 5.75 Å². The summed E-state index contributed by atoms with van der Waals surface area (Å²) in [6.07, 6.45) is 7.67. The number of aromatic nitrogens is 1. The van der Waals surface area contributed by atoms with Crippen LogP contribution in [-0.2, 0) is 0 Å². The van der Waals surface area contributed by atoms with Crippen molar-refractivity contribution in [1.82, 2.24) is 4.98 Å².